The van der Waals surface area contributed by atoms with E-state index in [9.17, 15) is 0 Å². The lowest BCUT2D eigenvalue weighted by atomic mass is 9.86. The number of ether oxygens (including phenoxy) is 1. The van der Waals surface area contributed by atoms with Crippen molar-refractivity contribution in [3.8, 4) is 0 Å². The van der Waals surface area contributed by atoms with E-state index in [0.717, 1.165) is 26.2 Å². The molecule has 0 amide bonds. The van der Waals surface area contributed by atoms with Crippen LogP contribution in [0.3, 0.4) is 0 Å². The van der Waals surface area contributed by atoms with E-state index in [1.54, 1.807) is 0 Å². The number of rotatable bonds is 3. The highest BCUT2D eigenvalue weighted by Gasteiger charge is 2.16. The van der Waals surface area contributed by atoms with E-state index < -0.39 is 0 Å². The molecule has 106 valence electrons. The van der Waals surface area contributed by atoms with Crippen molar-refractivity contribution in [1.82, 2.24) is 5.32 Å². The Hall–Kier alpha value is -1.06. The van der Waals surface area contributed by atoms with Gasteiger partial charge in [0.15, 0.2) is 0 Å². The van der Waals surface area contributed by atoms with Crippen LogP contribution in [-0.2, 0) is 10.2 Å². The minimum atomic E-state index is 0.208. The number of aryl methyl sites for hydroxylation is 1. The van der Waals surface area contributed by atoms with Crippen LogP contribution >= 0.6 is 0 Å². The van der Waals surface area contributed by atoms with Gasteiger partial charge < -0.3 is 15.4 Å². The minimum absolute atomic E-state index is 0.208. The van der Waals surface area contributed by atoms with Gasteiger partial charge in [-0.15, -0.1) is 0 Å². The van der Waals surface area contributed by atoms with Crippen LogP contribution in [0.1, 0.15) is 31.9 Å². The van der Waals surface area contributed by atoms with Crippen LogP contribution in [-0.4, -0.2) is 32.3 Å². The summed E-state index contributed by atoms with van der Waals surface area (Å²) in [5.41, 5.74) is 4.10. The molecular formula is C16H26N2O. The molecule has 0 bridgehead atoms. The maximum absolute atomic E-state index is 5.69. The molecule has 1 aromatic carbocycles. The van der Waals surface area contributed by atoms with E-state index in [4.69, 9.17) is 4.74 Å². The second-order valence-electron chi connectivity index (χ2n) is 6.36. The number of anilines is 1. The normalized spacial score (nSPS) is 20.3. The number of nitrogens with one attached hydrogen (secondary N) is 2. The van der Waals surface area contributed by atoms with Gasteiger partial charge in [0.1, 0.15) is 0 Å². The fourth-order valence-corrected chi connectivity index (χ4v) is 2.30. The van der Waals surface area contributed by atoms with E-state index in [-0.39, 0.29) is 11.5 Å². The Balaban J connectivity index is 1.97. The van der Waals surface area contributed by atoms with Gasteiger partial charge >= 0.3 is 0 Å². The molecule has 3 nitrogen and oxygen atoms in total. The molecule has 1 aromatic rings. The number of hydrogen-bond donors (Lipinski definition) is 2. The summed E-state index contributed by atoms with van der Waals surface area (Å²) in [7, 11) is 0. The van der Waals surface area contributed by atoms with E-state index in [1.165, 1.54) is 16.8 Å². The number of morpholine rings is 1. The Morgan fingerprint density at radius 2 is 2.16 bits per heavy atom. The van der Waals surface area contributed by atoms with Crippen LogP contribution in [0.2, 0.25) is 0 Å². The third-order valence-corrected chi connectivity index (χ3v) is 3.62. The van der Waals surface area contributed by atoms with Gasteiger partial charge in [0.2, 0.25) is 0 Å². The van der Waals surface area contributed by atoms with Gasteiger partial charge in [0.25, 0.3) is 0 Å². The first-order valence-electron chi connectivity index (χ1n) is 7.14. The van der Waals surface area contributed by atoms with Gasteiger partial charge in [-0.1, -0.05) is 32.9 Å². The van der Waals surface area contributed by atoms with Gasteiger partial charge in [-0.05, 0) is 29.5 Å². The van der Waals surface area contributed by atoms with Gasteiger partial charge in [0.05, 0.1) is 12.7 Å². The first-order valence-corrected chi connectivity index (χ1v) is 7.14. The smallest absolute Gasteiger partial charge is 0.0872 e. The summed E-state index contributed by atoms with van der Waals surface area (Å²) in [6.07, 6.45) is 0.274. The van der Waals surface area contributed by atoms with E-state index in [1.807, 2.05) is 0 Å². The standard InChI is InChI=1S/C16H26N2O/c1-12-9-13(16(2,3)4)5-6-15(12)18-11-14-10-17-7-8-19-14/h5-6,9,14,17-18H,7-8,10-11H2,1-4H3. The van der Waals surface area contributed by atoms with Crippen molar-refractivity contribution in [3.05, 3.63) is 29.3 Å². The van der Waals surface area contributed by atoms with Crippen LogP contribution in [0, 0.1) is 6.92 Å². The van der Waals surface area contributed by atoms with Gasteiger partial charge in [-0.25, -0.2) is 0 Å². The molecule has 0 saturated carbocycles. The van der Waals surface area contributed by atoms with Gasteiger partial charge in [-0.2, -0.15) is 0 Å². The third kappa shape index (κ3) is 3.95. The maximum atomic E-state index is 5.69. The lowest BCUT2D eigenvalue weighted by molar-refractivity contribution is 0.0372. The molecule has 1 heterocycles. The molecule has 2 N–H and O–H groups in total. The van der Waals surface area contributed by atoms with E-state index >= 15 is 0 Å². The average molecular weight is 262 g/mol. The largest absolute Gasteiger partial charge is 0.382 e. The predicted molar refractivity (Wildman–Crippen MR) is 81.0 cm³/mol. The molecule has 0 radical (unpaired) electrons. The minimum Gasteiger partial charge on any atom is -0.382 e. The highest BCUT2D eigenvalue weighted by molar-refractivity contribution is 5.53. The first kappa shape index (κ1) is 14.4. The quantitative estimate of drug-likeness (QED) is 0.878. The zero-order valence-electron chi connectivity index (χ0n) is 12.5. The fraction of sp³-hybridized carbons (Fsp3) is 0.625. The van der Waals surface area contributed by atoms with E-state index in [0.29, 0.717) is 0 Å². The molecule has 1 aliphatic rings. The topological polar surface area (TPSA) is 33.3 Å². The molecule has 1 aliphatic heterocycles. The Morgan fingerprint density at radius 1 is 1.37 bits per heavy atom. The highest BCUT2D eigenvalue weighted by atomic mass is 16.5. The predicted octanol–water partition coefficient (Wildman–Crippen LogP) is 2.69. The van der Waals surface area contributed by atoms with Crippen molar-refractivity contribution in [1.29, 1.82) is 0 Å². The summed E-state index contributed by atoms with van der Waals surface area (Å²) in [5.74, 6) is 0. The Kier molecular flexibility index (Phi) is 4.48. The SMILES string of the molecule is Cc1cc(C(C)(C)C)ccc1NCC1CNCCO1. The summed E-state index contributed by atoms with van der Waals surface area (Å²) >= 11 is 0. The van der Waals surface area contributed by atoms with Gasteiger partial charge in [-0.3, -0.25) is 0 Å². The molecule has 0 aromatic heterocycles. The first-order chi connectivity index (χ1) is 8.97. The second-order valence-corrected chi connectivity index (χ2v) is 6.36. The molecule has 1 fully saturated rings. The van der Waals surface area contributed by atoms with Crippen LogP contribution < -0.4 is 10.6 Å². The van der Waals surface area contributed by atoms with E-state index in [2.05, 4.69) is 56.5 Å². The summed E-state index contributed by atoms with van der Waals surface area (Å²) in [6.45, 7) is 12.5. The summed E-state index contributed by atoms with van der Waals surface area (Å²) in [6, 6.07) is 6.68. The number of benzene rings is 1. The molecule has 0 aliphatic carbocycles. The van der Waals surface area contributed by atoms with Crippen molar-refractivity contribution in [3.63, 3.8) is 0 Å². The highest BCUT2D eigenvalue weighted by Crippen LogP contribution is 2.26. The van der Waals surface area contributed by atoms with Gasteiger partial charge in [0, 0.05) is 25.3 Å². The van der Waals surface area contributed by atoms with Crippen molar-refractivity contribution < 1.29 is 4.74 Å². The van der Waals surface area contributed by atoms with Crippen LogP contribution in [0.5, 0.6) is 0 Å². The zero-order valence-corrected chi connectivity index (χ0v) is 12.5. The Bertz CT molecular complexity index is 417. The lowest BCUT2D eigenvalue weighted by Gasteiger charge is -2.25. The Labute approximate surface area is 116 Å². The van der Waals surface area contributed by atoms with Crippen molar-refractivity contribution in [2.75, 3.05) is 31.6 Å². The molecule has 1 saturated heterocycles. The molecule has 2 rings (SSSR count). The molecule has 1 unspecified atom stereocenters. The molecule has 1 atom stereocenters. The summed E-state index contributed by atoms with van der Waals surface area (Å²) < 4.78 is 5.69. The van der Waals surface area contributed by atoms with Crippen LogP contribution in [0.25, 0.3) is 0 Å². The lowest BCUT2D eigenvalue weighted by Crippen LogP contribution is -2.42. The Morgan fingerprint density at radius 3 is 2.74 bits per heavy atom. The van der Waals surface area contributed by atoms with Crippen LogP contribution in [0.4, 0.5) is 5.69 Å². The third-order valence-electron chi connectivity index (χ3n) is 3.62. The van der Waals surface area contributed by atoms with Crippen molar-refractivity contribution in [2.45, 2.75) is 39.2 Å². The molecule has 3 heteroatoms. The fourth-order valence-electron chi connectivity index (χ4n) is 2.30. The average Bonchev–Trinajstić information content (AvgIpc) is 2.37. The second kappa shape index (κ2) is 5.93. The molecular weight excluding hydrogens is 236 g/mol. The summed E-state index contributed by atoms with van der Waals surface area (Å²) in [5, 5.41) is 6.85. The molecule has 19 heavy (non-hydrogen) atoms. The zero-order chi connectivity index (χ0) is 13.9. The van der Waals surface area contributed by atoms with Crippen LogP contribution in [0.15, 0.2) is 18.2 Å². The van der Waals surface area contributed by atoms with Crippen molar-refractivity contribution in [2.24, 2.45) is 0 Å². The monoisotopic (exact) mass is 262 g/mol. The maximum Gasteiger partial charge on any atom is 0.0872 e. The summed E-state index contributed by atoms with van der Waals surface area (Å²) in [4.78, 5) is 0. The van der Waals surface area contributed by atoms with Crippen molar-refractivity contribution >= 4 is 5.69 Å². The molecule has 0 spiro atoms. The number of hydrogen-bond acceptors (Lipinski definition) is 3.